The molecule has 2 rings (SSSR count). The van der Waals surface area contributed by atoms with Crippen LogP contribution in [0.5, 0.6) is 0 Å². The summed E-state index contributed by atoms with van der Waals surface area (Å²) in [5, 5.41) is 29.6. The number of para-hydroxylation sites is 1. The summed E-state index contributed by atoms with van der Waals surface area (Å²) in [5.41, 5.74) is -2.68. The number of nitro benzene ring substituents is 1. The first-order chi connectivity index (χ1) is 9.88. The van der Waals surface area contributed by atoms with Crippen LogP contribution in [0.4, 0.5) is 5.69 Å². The number of nitro groups is 1. The van der Waals surface area contributed by atoms with E-state index in [4.69, 9.17) is 5.11 Å². The molecule has 0 saturated heterocycles. The lowest BCUT2D eigenvalue weighted by Crippen LogP contribution is -2.40. The Bertz CT molecular complexity index is 694. The van der Waals surface area contributed by atoms with E-state index in [0.29, 0.717) is 0 Å². The molecule has 108 valence electrons. The number of carboxylic acids is 2. The SMILES string of the molecule is O=C(O)C1=CC(C(=O)O)(c2ccccc2[N+](=O)[O-])CN=C1. The Morgan fingerprint density at radius 3 is 2.52 bits per heavy atom. The lowest BCUT2D eigenvalue weighted by atomic mass is 9.77. The Hall–Kier alpha value is -3.03. The van der Waals surface area contributed by atoms with Crippen molar-refractivity contribution in [2.24, 2.45) is 4.99 Å². The fraction of sp³-hybridized carbons (Fsp3) is 0.154. The topological polar surface area (TPSA) is 130 Å². The molecule has 1 aliphatic heterocycles. The minimum atomic E-state index is -1.87. The number of aliphatic carboxylic acids is 2. The second-order valence-corrected chi connectivity index (χ2v) is 4.43. The van der Waals surface area contributed by atoms with E-state index in [-0.39, 0.29) is 17.7 Å². The minimum Gasteiger partial charge on any atom is -0.480 e. The number of carboxylic acid groups (broad SMARTS) is 2. The van der Waals surface area contributed by atoms with Crippen LogP contribution in [-0.4, -0.2) is 39.8 Å². The van der Waals surface area contributed by atoms with E-state index in [1.807, 2.05) is 0 Å². The predicted octanol–water partition coefficient (Wildman–Crippen LogP) is 1.01. The summed E-state index contributed by atoms with van der Waals surface area (Å²) in [4.78, 5) is 36.8. The van der Waals surface area contributed by atoms with Gasteiger partial charge < -0.3 is 10.2 Å². The normalized spacial score (nSPS) is 20.7. The van der Waals surface area contributed by atoms with Gasteiger partial charge in [-0.1, -0.05) is 18.2 Å². The highest BCUT2D eigenvalue weighted by Crippen LogP contribution is 2.36. The van der Waals surface area contributed by atoms with Crippen molar-refractivity contribution < 1.29 is 24.7 Å². The summed E-state index contributed by atoms with van der Waals surface area (Å²) < 4.78 is 0. The molecule has 0 bridgehead atoms. The zero-order valence-electron chi connectivity index (χ0n) is 10.6. The van der Waals surface area contributed by atoms with Gasteiger partial charge in [0.1, 0.15) is 5.41 Å². The van der Waals surface area contributed by atoms with Gasteiger partial charge in [-0.2, -0.15) is 0 Å². The highest BCUT2D eigenvalue weighted by molar-refractivity contribution is 6.10. The maximum absolute atomic E-state index is 11.7. The average molecular weight is 290 g/mol. The number of benzene rings is 1. The molecule has 1 atom stereocenters. The first-order valence-corrected chi connectivity index (χ1v) is 5.82. The Morgan fingerprint density at radius 2 is 1.95 bits per heavy atom. The number of aliphatic imine (C=N–C) groups is 1. The zero-order valence-corrected chi connectivity index (χ0v) is 10.6. The van der Waals surface area contributed by atoms with Gasteiger partial charge in [-0.05, 0) is 6.08 Å². The van der Waals surface area contributed by atoms with Crippen LogP contribution < -0.4 is 0 Å². The Morgan fingerprint density at radius 1 is 1.29 bits per heavy atom. The van der Waals surface area contributed by atoms with E-state index in [1.54, 1.807) is 0 Å². The van der Waals surface area contributed by atoms with Gasteiger partial charge in [-0.25, -0.2) is 4.79 Å². The van der Waals surface area contributed by atoms with Gasteiger partial charge in [-0.3, -0.25) is 19.9 Å². The standard InChI is InChI=1S/C13H10N2O6/c16-11(17)8-5-13(12(18)19,7-14-6-8)9-3-1-2-4-10(9)15(20)21/h1-6H,7H2,(H,16,17)(H,18,19). The molecule has 0 radical (unpaired) electrons. The molecule has 8 nitrogen and oxygen atoms in total. The molecular formula is C13H10N2O6. The monoisotopic (exact) mass is 290 g/mol. The summed E-state index contributed by atoms with van der Waals surface area (Å²) >= 11 is 0. The fourth-order valence-electron chi connectivity index (χ4n) is 2.17. The molecule has 0 aliphatic carbocycles. The molecule has 1 aliphatic rings. The Kier molecular flexibility index (Phi) is 3.53. The van der Waals surface area contributed by atoms with E-state index in [2.05, 4.69) is 4.99 Å². The Labute approximate surface area is 118 Å². The highest BCUT2D eigenvalue weighted by Gasteiger charge is 2.45. The van der Waals surface area contributed by atoms with Crippen molar-refractivity contribution in [3.8, 4) is 0 Å². The molecule has 21 heavy (non-hydrogen) atoms. The van der Waals surface area contributed by atoms with Gasteiger partial charge in [0, 0.05) is 12.3 Å². The second kappa shape index (κ2) is 5.16. The summed E-state index contributed by atoms with van der Waals surface area (Å²) in [6.45, 7) is -0.302. The first-order valence-electron chi connectivity index (χ1n) is 5.82. The average Bonchev–Trinajstić information content (AvgIpc) is 2.47. The van der Waals surface area contributed by atoms with E-state index in [1.165, 1.54) is 24.3 Å². The third-order valence-electron chi connectivity index (χ3n) is 3.18. The van der Waals surface area contributed by atoms with Crippen LogP contribution in [0, 0.1) is 10.1 Å². The van der Waals surface area contributed by atoms with Gasteiger partial charge in [0.15, 0.2) is 0 Å². The van der Waals surface area contributed by atoms with E-state index >= 15 is 0 Å². The van der Waals surface area contributed by atoms with Gasteiger partial charge in [0.2, 0.25) is 0 Å². The smallest absolute Gasteiger partial charge is 0.336 e. The lowest BCUT2D eigenvalue weighted by molar-refractivity contribution is -0.385. The van der Waals surface area contributed by atoms with Crippen LogP contribution in [0.1, 0.15) is 5.56 Å². The quantitative estimate of drug-likeness (QED) is 0.628. The molecular weight excluding hydrogens is 280 g/mol. The van der Waals surface area contributed by atoms with Crippen LogP contribution in [0.15, 0.2) is 40.9 Å². The summed E-state index contributed by atoms with van der Waals surface area (Å²) in [5.74, 6) is -2.74. The van der Waals surface area contributed by atoms with E-state index in [0.717, 1.165) is 12.3 Å². The molecule has 2 N–H and O–H groups in total. The molecule has 1 unspecified atom stereocenters. The minimum absolute atomic E-state index is 0.0990. The van der Waals surface area contributed by atoms with Crippen molar-refractivity contribution in [2.45, 2.75) is 5.41 Å². The summed E-state index contributed by atoms with van der Waals surface area (Å²) in [6, 6.07) is 5.33. The maximum Gasteiger partial charge on any atom is 0.336 e. The number of hydrogen-bond donors (Lipinski definition) is 2. The molecule has 0 spiro atoms. The van der Waals surface area contributed by atoms with Gasteiger partial charge in [0.05, 0.1) is 22.6 Å². The van der Waals surface area contributed by atoms with Crippen molar-refractivity contribution in [3.63, 3.8) is 0 Å². The van der Waals surface area contributed by atoms with Crippen LogP contribution in [0.2, 0.25) is 0 Å². The summed E-state index contributed by atoms with van der Waals surface area (Å²) in [7, 11) is 0. The highest BCUT2D eigenvalue weighted by atomic mass is 16.6. The number of nitrogens with zero attached hydrogens (tertiary/aromatic N) is 2. The molecule has 8 heteroatoms. The van der Waals surface area contributed by atoms with E-state index in [9.17, 15) is 24.8 Å². The van der Waals surface area contributed by atoms with Crippen molar-refractivity contribution in [1.82, 2.24) is 0 Å². The molecule has 1 aromatic carbocycles. The maximum atomic E-state index is 11.7. The third kappa shape index (κ3) is 2.38. The molecule has 0 aromatic heterocycles. The van der Waals surface area contributed by atoms with Crippen molar-refractivity contribution in [3.05, 3.63) is 51.6 Å². The summed E-state index contributed by atoms with van der Waals surface area (Å²) in [6.07, 6.45) is 2.03. The molecule has 0 amide bonds. The number of dihydropyridines is 1. The number of carbonyl (C=O) groups is 2. The molecule has 0 saturated carbocycles. The van der Waals surface area contributed by atoms with Gasteiger partial charge in [0.25, 0.3) is 5.69 Å². The number of rotatable bonds is 4. The van der Waals surface area contributed by atoms with Gasteiger partial charge in [-0.15, -0.1) is 0 Å². The van der Waals surface area contributed by atoms with Crippen molar-refractivity contribution in [1.29, 1.82) is 0 Å². The molecule has 1 aromatic rings. The second-order valence-electron chi connectivity index (χ2n) is 4.43. The third-order valence-corrected chi connectivity index (χ3v) is 3.18. The Balaban J connectivity index is 2.71. The van der Waals surface area contributed by atoms with E-state index < -0.39 is 28.0 Å². The predicted molar refractivity (Wildman–Crippen MR) is 71.5 cm³/mol. The van der Waals surface area contributed by atoms with Gasteiger partial charge >= 0.3 is 11.9 Å². The van der Waals surface area contributed by atoms with Crippen LogP contribution in [-0.2, 0) is 15.0 Å². The molecule has 0 fully saturated rings. The number of hydrogen-bond acceptors (Lipinski definition) is 5. The molecule has 1 heterocycles. The van der Waals surface area contributed by atoms with Crippen molar-refractivity contribution in [2.75, 3.05) is 6.54 Å². The van der Waals surface area contributed by atoms with Crippen LogP contribution in [0.3, 0.4) is 0 Å². The fourth-order valence-corrected chi connectivity index (χ4v) is 2.17. The van der Waals surface area contributed by atoms with Crippen LogP contribution in [0.25, 0.3) is 0 Å². The van der Waals surface area contributed by atoms with Crippen LogP contribution >= 0.6 is 0 Å². The first kappa shape index (κ1) is 14.4. The lowest BCUT2D eigenvalue weighted by Gasteiger charge is -2.27. The zero-order chi connectivity index (χ0) is 15.6. The van der Waals surface area contributed by atoms with Crippen molar-refractivity contribution >= 4 is 23.8 Å². The largest absolute Gasteiger partial charge is 0.480 e.